The Hall–Kier alpha value is -0.950. The molecule has 0 aliphatic carbocycles. The molecule has 21 heavy (non-hydrogen) atoms. The smallest absolute Gasteiger partial charge is 0.408 e. The first kappa shape index (κ1) is 18.1. The van der Waals surface area contributed by atoms with Gasteiger partial charge in [0.15, 0.2) is 0 Å². The molecule has 1 rings (SSSR count). The van der Waals surface area contributed by atoms with Crippen LogP contribution in [0.2, 0.25) is 0 Å². The number of rotatable bonds is 5. The van der Waals surface area contributed by atoms with E-state index in [4.69, 9.17) is 9.84 Å². The Labute approximate surface area is 130 Å². The zero-order chi connectivity index (χ0) is 16.0. The maximum absolute atomic E-state index is 12.5. The molecule has 0 aromatic rings. The number of nitrogens with zero attached hydrogens (tertiary/aromatic N) is 1. The Bertz CT molecular complexity index is 370. The lowest BCUT2D eigenvalue weighted by molar-refractivity contribution is -0.132. The van der Waals surface area contributed by atoms with Crippen molar-refractivity contribution in [3.63, 3.8) is 0 Å². The van der Waals surface area contributed by atoms with E-state index in [2.05, 4.69) is 5.32 Å². The standard InChI is InChI=1S/C14H26N2O4S/c1-14(2,3)20-13(19)15-11(9-21-4)12(18)16-6-5-10(7-16)8-17/h10-11,17H,5-9H2,1-4H3,(H,15,19). The van der Waals surface area contributed by atoms with Gasteiger partial charge in [-0.15, -0.1) is 0 Å². The van der Waals surface area contributed by atoms with Crippen LogP contribution in [0.4, 0.5) is 4.79 Å². The van der Waals surface area contributed by atoms with Crippen LogP contribution in [0.5, 0.6) is 0 Å². The van der Waals surface area contributed by atoms with Crippen LogP contribution in [-0.2, 0) is 9.53 Å². The molecule has 2 N–H and O–H groups in total. The summed E-state index contributed by atoms with van der Waals surface area (Å²) in [5.41, 5.74) is -0.591. The minimum atomic E-state index is -0.591. The van der Waals surface area contributed by atoms with E-state index in [9.17, 15) is 9.59 Å². The molecule has 0 saturated carbocycles. The summed E-state index contributed by atoms with van der Waals surface area (Å²) in [6, 6.07) is -0.590. The maximum atomic E-state index is 12.5. The molecule has 122 valence electrons. The molecule has 2 amide bonds. The fourth-order valence-electron chi connectivity index (χ4n) is 2.19. The Morgan fingerprint density at radius 1 is 1.48 bits per heavy atom. The molecule has 6 nitrogen and oxygen atoms in total. The summed E-state index contributed by atoms with van der Waals surface area (Å²) in [6.07, 6.45) is 2.12. The van der Waals surface area contributed by atoms with E-state index in [-0.39, 0.29) is 18.4 Å². The van der Waals surface area contributed by atoms with Gasteiger partial charge in [0.05, 0.1) is 0 Å². The number of hydrogen-bond acceptors (Lipinski definition) is 5. The number of ether oxygens (including phenoxy) is 1. The van der Waals surface area contributed by atoms with Crippen molar-refractivity contribution in [2.45, 2.75) is 38.8 Å². The van der Waals surface area contributed by atoms with E-state index in [1.807, 2.05) is 6.26 Å². The highest BCUT2D eigenvalue weighted by Crippen LogP contribution is 2.17. The van der Waals surface area contributed by atoms with Gasteiger partial charge in [0.25, 0.3) is 0 Å². The average Bonchev–Trinajstić information content (AvgIpc) is 2.83. The Morgan fingerprint density at radius 3 is 2.62 bits per heavy atom. The van der Waals surface area contributed by atoms with Crippen LogP contribution in [0.1, 0.15) is 27.2 Å². The van der Waals surface area contributed by atoms with Crippen molar-refractivity contribution in [3.8, 4) is 0 Å². The number of thioether (sulfide) groups is 1. The third kappa shape index (κ3) is 6.13. The molecular formula is C14H26N2O4S. The number of hydrogen-bond donors (Lipinski definition) is 2. The summed E-state index contributed by atoms with van der Waals surface area (Å²) in [7, 11) is 0. The lowest BCUT2D eigenvalue weighted by Crippen LogP contribution is -2.50. The largest absolute Gasteiger partial charge is 0.444 e. The molecule has 0 spiro atoms. The SMILES string of the molecule is CSCC(NC(=O)OC(C)(C)C)C(=O)N1CCC(CO)C1. The minimum Gasteiger partial charge on any atom is -0.444 e. The quantitative estimate of drug-likeness (QED) is 0.793. The van der Waals surface area contributed by atoms with E-state index in [1.54, 1.807) is 25.7 Å². The summed E-state index contributed by atoms with van der Waals surface area (Å²) in [6.45, 7) is 6.62. The number of amides is 2. The lowest BCUT2D eigenvalue weighted by Gasteiger charge is -2.26. The number of alkyl carbamates (subject to hydrolysis) is 1. The van der Waals surface area contributed by atoms with E-state index in [1.165, 1.54) is 11.8 Å². The number of carbonyl (C=O) groups excluding carboxylic acids is 2. The highest BCUT2D eigenvalue weighted by atomic mass is 32.2. The second-order valence-corrected chi connectivity index (χ2v) is 7.19. The predicted octanol–water partition coefficient (Wildman–Crippen LogP) is 1.08. The molecule has 1 saturated heterocycles. The molecule has 2 unspecified atom stereocenters. The van der Waals surface area contributed by atoms with Gasteiger partial charge in [-0.05, 0) is 33.4 Å². The lowest BCUT2D eigenvalue weighted by atomic mass is 10.1. The van der Waals surface area contributed by atoms with Gasteiger partial charge in [-0.1, -0.05) is 0 Å². The van der Waals surface area contributed by atoms with Crippen LogP contribution in [0, 0.1) is 5.92 Å². The van der Waals surface area contributed by atoms with Gasteiger partial charge in [-0.3, -0.25) is 4.79 Å². The molecule has 7 heteroatoms. The Balaban J connectivity index is 2.60. The second-order valence-electron chi connectivity index (χ2n) is 6.28. The van der Waals surface area contributed by atoms with Crippen molar-refractivity contribution in [2.24, 2.45) is 5.92 Å². The van der Waals surface area contributed by atoms with E-state index in [0.717, 1.165) is 6.42 Å². The summed E-state index contributed by atoms with van der Waals surface area (Å²) >= 11 is 1.50. The van der Waals surface area contributed by atoms with Crippen LogP contribution < -0.4 is 5.32 Å². The van der Waals surface area contributed by atoms with Crippen molar-refractivity contribution < 1.29 is 19.4 Å². The van der Waals surface area contributed by atoms with E-state index >= 15 is 0 Å². The number of likely N-dealkylation sites (tertiary alicyclic amines) is 1. The van der Waals surface area contributed by atoms with Gasteiger partial charge in [0.2, 0.25) is 5.91 Å². The minimum absolute atomic E-state index is 0.0937. The van der Waals surface area contributed by atoms with Crippen LogP contribution in [0.3, 0.4) is 0 Å². The van der Waals surface area contributed by atoms with Gasteiger partial charge >= 0.3 is 6.09 Å². The maximum Gasteiger partial charge on any atom is 0.408 e. The van der Waals surface area contributed by atoms with Crippen LogP contribution in [0.15, 0.2) is 0 Å². The van der Waals surface area contributed by atoms with E-state index < -0.39 is 17.7 Å². The zero-order valence-electron chi connectivity index (χ0n) is 13.2. The van der Waals surface area contributed by atoms with Crippen molar-refractivity contribution in [3.05, 3.63) is 0 Å². The van der Waals surface area contributed by atoms with Crippen molar-refractivity contribution >= 4 is 23.8 Å². The topological polar surface area (TPSA) is 78.9 Å². The number of carbonyl (C=O) groups is 2. The summed E-state index contributed by atoms with van der Waals surface area (Å²) in [5.74, 6) is 0.537. The first-order chi connectivity index (χ1) is 9.76. The molecule has 0 aromatic heterocycles. The molecule has 1 aliphatic rings. The monoisotopic (exact) mass is 318 g/mol. The molecule has 0 radical (unpaired) electrons. The predicted molar refractivity (Wildman–Crippen MR) is 83.3 cm³/mol. The van der Waals surface area contributed by atoms with Crippen LogP contribution in [0.25, 0.3) is 0 Å². The van der Waals surface area contributed by atoms with Gasteiger partial charge in [0, 0.05) is 31.4 Å². The molecule has 2 atom stereocenters. The fourth-order valence-corrected chi connectivity index (χ4v) is 2.75. The Morgan fingerprint density at radius 2 is 2.14 bits per heavy atom. The molecule has 0 aromatic carbocycles. The second kappa shape index (κ2) is 7.89. The highest BCUT2D eigenvalue weighted by Gasteiger charge is 2.32. The first-order valence-corrected chi connectivity index (χ1v) is 8.54. The van der Waals surface area contributed by atoms with E-state index in [0.29, 0.717) is 18.8 Å². The van der Waals surface area contributed by atoms with Crippen LogP contribution >= 0.6 is 11.8 Å². The molecular weight excluding hydrogens is 292 g/mol. The molecule has 1 aliphatic heterocycles. The zero-order valence-corrected chi connectivity index (χ0v) is 14.0. The van der Waals surface area contributed by atoms with Gasteiger partial charge in [-0.2, -0.15) is 11.8 Å². The van der Waals surface area contributed by atoms with Gasteiger partial charge in [0.1, 0.15) is 11.6 Å². The van der Waals surface area contributed by atoms with Crippen LogP contribution in [-0.4, -0.2) is 65.4 Å². The summed E-state index contributed by atoms with van der Waals surface area (Å²) in [4.78, 5) is 26.0. The van der Waals surface area contributed by atoms with Crippen molar-refractivity contribution in [1.82, 2.24) is 10.2 Å². The Kier molecular flexibility index (Phi) is 6.80. The number of aliphatic hydroxyl groups excluding tert-OH is 1. The molecule has 1 fully saturated rings. The number of aliphatic hydroxyl groups is 1. The van der Waals surface area contributed by atoms with Gasteiger partial charge in [-0.25, -0.2) is 4.79 Å². The third-order valence-electron chi connectivity index (χ3n) is 3.18. The highest BCUT2D eigenvalue weighted by molar-refractivity contribution is 7.98. The summed E-state index contributed by atoms with van der Waals surface area (Å²) < 4.78 is 5.20. The average molecular weight is 318 g/mol. The van der Waals surface area contributed by atoms with Crippen molar-refractivity contribution in [2.75, 3.05) is 31.7 Å². The fraction of sp³-hybridized carbons (Fsp3) is 0.857. The normalized spacial score (nSPS) is 20.2. The number of nitrogens with one attached hydrogen (secondary N) is 1. The third-order valence-corrected chi connectivity index (χ3v) is 3.84. The molecule has 0 bridgehead atoms. The molecule has 1 heterocycles. The first-order valence-electron chi connectivity index (χ1n) is 7.15. The van der Waals surface area contributed by atoms with Gasteiger partial charge < -0.3 is 20.1 Å². The summed E-state index contributed by atoms with van der Waals surface area (Å²) in [5, 5.41) is 11.8. The van der Waals surface area contributed by atoms with Crippen molar-refractivity contribution in [1.29, 1.82) is 0 Å².